The summed E-state index contributed by atoms with van der Waals surface area (Å²) in [7, 11) is -4.54. The molecule has 0 aromatic carbocycles. The van der Waals surface area contributed by atoms with Gasteiger partial charge in [-0.1, -0.05) is 222 Å². The third-order valence-corrected chi connectivity index (χ3v) is 11.9. The van der Waals surface area contributed by atoms with Crippen LogP contribution < -0.4 is 0 Å². The molecule has 3 unspecified atom stereocenters. The number of ether oxygens (including phenoxy) is 2. The van der Waals surface area contributed by atoms with E-state index in [1.807, 2.05) is 0 Å². The largest absolute Gasteiger partial charge is 0.472 e. The maximum Gasteiger partial charge on any atom is 0.472 e. The van der Waals surface area contributed by atoms with E-state index in [2.05, 4.69) is 86.8 Å². The molecule has 0 bridgehead atoms. The number of aliphatic hydroxyl groups excluding tert-OH is 2. The van der Waals surface area contributed by atoms with Crippen molar-refractivity contribution in [2.45, 2.75) is 232 Å². The number of phosphoric acid groups is 1. The Bertz CT molecular complexity index is 1230. The lowest BCUT2D eigenvalue weighted by Crippen LogP contribution is -2.29. The van der Waals surface area contributed by atoms with Gasteiger partial charge in [-0.25, -0.2) is 4.57 Å². The van der Waals surface area contributed by atoms with Gasteiger partial charge in [-0.2, -0.15) is 0 Å². The van der Waals surface area contributed by atoms with E-state index in [1.54, 1.807) is 0 Å². The molecule has 64 heavy (non-hydrogen) atoms. The second-order valence-corrected chi connectivity index (χ2v) is 18.6. The lowest BCUT2D eigenvalue weighted by atomic mass is 10.0. The van der Waals surface area contributed by atoms with Crippen LogP contribution in [0.25, 0.3) is 0 Å². The van der Waals surface area contributed by atoms with Gasteiger partial charge in [-0.05, 0) is 64.2 Å². The number of rotatable bonds is 49. The number of carbonyl (C=O) groups excluding carboxylic acids is 1. The summed E-state index contributed by atoms with van der Waals surface area (Å²) in [5.41, 5.74) is 0. The molecule has 9 nitrogen and oxygen atoms in total. The molecule has 0 saturated carbocycles. The summed E-state index contributed by atoms with van der Waals surface area (Å²) in [6, 6.07) is 0. The Morgan fingerprint density at radius 1 is 0.500 bits per heavy atom. The molecule has 0 aliphatic rings. The van der Waals surface area contributed by atoms with E-state index in [-0.39, 0.29) is 13.0 Å². The zero-order valence-corrected chi connectivity index (χ0v) is 41.9. The molecule has 3 N–H and O–H groups in total. The first kappa shape index (κ1) is 61.9. The van der Waals surface area contributed by atoms with Crippen molar-refractivity contribution in [2.24, 2.45) is 0 Å². The fourth-order valence-electron chi connectivity index (χ4n) is 7.01. The number of allylic oxidation sites excluding steroid dienone is 12. The smallest absolute Gasteiger partial charge is 0.457 e. The van der Waals surface area contributed by atoms with Crippen molar-refractivity contribution in [2.75, 3.05) is 33.0 Å². The van der Waals surface area contributed by atoms with Crippen LogP contribution in [0.1, 0.15) is 219 Å². The van der Waals surface area contributed by atoms with Gasteiger partial charge in [0, 0.05) is 13.0 Å². The minimum atomic E-state index is -4.54. The fourth-order valence-corrected chi connectivity index (χ4v) is 7.80. The molecule has 0 spiro atoms. The molecular weight excluding hydrogens is 824 g/mol. The zero-order chi connectivity index (χ0) is 46.7. The normalized spacial score (nSPS) is 14.4. The van der Waals surface area contributed by atoms with Gasteiger partial charge in [0.15, 0.2) is 0 Å². The maximum atomic E-state index is 12.7. The van der Waals surface area contributed by atoms with E-state index in [9.17, 15) is 19.4 Å². The lowest BCUT2D eigenvalue weighted by Gasteiger charge is -2.20. The van der Waals surface area contributed by atoms with E-state index in [4.69, 9.17) is 23.6 Å². The highest BCUT2D eigenvalue weighted by molar-refractivity contribution is 7.47. The molecule has 0 saturated heterocycles. The van der Waals surface area contributed by atoms with E-state index in [1.165, 1.54) is 116 Å². The van der Waals surface area contributed by atoms with Crippen molar-refractivity contribution in [1.82, 2.24) is 0 Å². The molecule has 3 atom stereocenters. The molecular formula is C54H97O9P. The Hall–Kier alpha value is -2.10. The Labute approximate surface area is 392 Å². The van der Waals surface area contributed by atoms with Crippen molar-refractivity contribution in [3.63, 3.8) is 0 Å². The summed E-state index contributed by atoms with van der Waals surface area (Å²) in [6.45, 7) is 3.34. The van der Waals surface area contributed by atoms with Crippen LogP contribution in [0, 0.1) is 0 Å². The van der Waals surface area contributed by atoms with E-state index in [0.29, 0.717) is 6.61 Å². The molecule has 0 aliphatic carbocycles. The van der Waals surface area contributed by atoms with Gasteiger partial charge in [0.1, 0.15) is 12.2 Å². The quantitative estimate of drug-likeness (QED) is 0.0236. The standard InChI is InChI=1S/C54H97O9P/c1-3-5-7-9-11-13-15-17-19-21-23-25-27-29-31-33-35-37-39-41-43-45-47-60-50-53(51-62-64(58,59)61-49-52(56)48-55)63-54(57)46-44-42-40-38-36-34-32-30-28-26-24-22-20-18-16-14-12-10-8-6-4-2/h5,7,11,13,17,19,23,25,29,31,35,37,52-53,55-56H,3-4,6,8-10,12,14-16,18,20-22,24,26-28,30,32-34,36,38-51H2,1-2H3,(H,58,59)/b7-5-,13-11-,19-17-,25-23-,31-29-,37-35-. The molecule has 0 radical (unpaired) electrons. The first-order chi connectivity index (χ1) is 31.3. The third-order valence-electron chi connectivity index (χ3n) is 10.9. The van der Waals surface area contributed by atoms with Crippen LogP contribution in [0.2, 0.25) is 0 Å². The Morgan fingerprint density at radius 2 is 0.891 bits per heavy atom. The summed E-state index contributed by atoms with van der Waals surface area (Å²) in [6.07, 6.45) is 61.6. The van der Waals surface area contributed by atoms with Crippen LogP contribution in [0.4, 0.5) is 0 Å². The molecule has 0 fully saturated rings. The van der Waals surface area contributed by atoms with Crippen LogP contribution in [0.5, 0.6) is 0 Å². The van der Waals surface area contributed by atoms with Crippen molar-refractivity contribution >= 4 is 13.8 Å². The number of esters is 1. The van der Waals surface area contributed by atoms with Crippen LogP contribution in [0.3, 0.4) is 0 Å². The highest BCUT2D eigenvalue weighted by atomic mass is 31.2. The van der Waals surface area contributed by atoms with Gasteiger partial charge < -0.3 is 24.6 Å². The predicted octanol–water partition coefficient (Wildman–Crippen LogP) is 15.3. The molecule has 0 aromatic heterocycles. The number of phosphoric ester groups is 1. The minimum absolute atomic E-state index is 0.0253. The van der Waals surface area contributed by atoms with Gasteiger partial charge in [0.05, 0.1) is 26.4 Å². The monoisotopic (exact) mass is 921 g/mol. The summed E-state index contributed by atoms with van der Waals surface area (Å²) < 4.78 is 33.5. The molecule has 0 aromatic rings. The van der Waals surface area contributed by atoms with E-state index >= 15 is 0 Å². The van der Waals surface area contributed by atoms with Gasteiger partial charge in [-0.15, -0.1) is 0 Å². The molecule has 0 amide bonds. The fraction of sp³-hybridized carbons (Fsp3) is 0.759. The van der Waals surface area contributed by atoms with Crippen LogP contribution in [0.15, 0.2) is 72.9 Å². The number of aliphatic hydroxyl groups is 2. The number of carbonyl (C=O) groups is 1. The first-order valence-corrected chi connectivity index (χ1v) is 27.4. The van der Waals surface area contributed by atoms with Gasteiger partial charge in [0.2, 0.25) is 0 Å². The molecule has 10 heteroatoms. The summed E-state index contributed by atoms with van der Waals surface area (Å²) in [5, 5.41) is 18.4. The second kappa shape index (κ2) is 50.3. The Kier molecular flexibility index (Phi) is 48.7. The molecule has 372 valence electrons. The van der Waals surface area contributed by atoms with Crippen LogP contribution in [-0.4, -0.2) is 66.3 Å². The SMILES string of the molecule is CC/C=C\C/C=C\C/C=C\C/C=C\C/C=C\C/C=C\CCCCCOCC(COP(=O)(O)OCC(O)CO)OC(=O)CCCCCCCCCCCCCCCCCCCCCCC. The highest BCUT2D eigenvalue weighted by Gasteiger charge is 2.26. The summed E-state index contributed by atoms with van der Waals surface area (Å²) >= 11 is 0. The van der Waals surface area contributed by atoms with Gasteiger partial charge in [0.25, 0.3) is 0 Å². The number of hydrogen-bond donors (Lipinski definition) is 3. The van der Waals surface area contributed by atoms with Crippen LogP contribution in [-0.2, 0) is 27.9 Å². The van der Waals surface area contributed by atoms with E-state index < -0.39 is 45.8 Å². The summed E-state index contributed by atoms with van der Waals surface area (Å²) in [5.74, 6) is -0.393. The predicted molar refractivity (Wildman–Crippen MR) is 269 cm³/mol. The van der Waals surface area contributed by atoms with E-state index in [0.717, 1.165) is 83.5 Å². The molecule has 0 heterocycles. The number of unbranched alkanes of at least 4 members (excludes halogenated alkanes) is 23. The third kappa shape index (κ3) is 49.3. The lowest BCUT2D eigenvalue weighted by molar-refractivity contribution is -0.154. The highest BCUT2D eigenvalue weighted by Crippen LogP contribution is 2.43. The van der Waals surface area contributed by atoms with Crippen molar-refractivity contribution in [3.8, 4) is 0 Å². The topological polar surface area (TPSA) is 132 Å². The minimum Gasteiger partial charge on any atom is -0.457 e. The van der Waals surface area contributed by atoms with Crippen molar-refractivity contribution in [3.05, 3.63) is 72.9 Å². The van der Waals surface area contributed by atoms with Crippen molar-refractivity contribution in [1.29, 1.82) is 0 Å². The average molecular weight is 921 g/mol. The first-order valence-electron chi connectivity index (χ1n) is 25.9. The maximum absolute atomic E-state index is 12.7. The van der Waals surface area contributed by atoms with Crippen LogP contribution >= 0.6 is 7.82 Å². The Morgan fingerprint density at radius 3 is 1.33 bits per heavy atom. The summed E-state index contributed by atoms with van der Waals surface area (Å²) in [4.78, 5) is 22.7. The van der Waals surface area contributed by atoms with Crippen molar-refractivity contribution < 1.29 is 43.0 Å². The van der Waals surface area contributed by atoms with Gasteiger partial charge in [-0.3, -0.25) is 13.8 Å². The molecule has 0 aliphatic heterocycles. The second-order valence-electron chi connectivity index (χ2n) is 17.2. The Balaban J connectivity index is 4.14. The molecule has 0 rings (SSSR count). The number of hydrogen-bond acceptors (Lipinski definition) is 8. The van der Waals surface area contributed by atoms with Gasteiger partial charge >= 0.3 is 13.8 Å². The zero-order valence-electron chi connectivity index (χ0n) is 41.0. The average Bonchev–Trinajstić information content (AvgIpc) is 3.29.